The molecular weight excluding hydrogens is 264 g/mol. The smallest absolute Gasteiger partial charge is 0.325 e. The lowest BCUT2D eigenvalue weighted by molar-refractivity contribution is -0.137. The van der Waals surface area contributed by atoms with E-state index in [4.69, 9.17) is 5.11 Å². The number of carbonyl (C=O) groups excluding carboxylic acids is 1. The summed E-state index contributed by atoms with van der Waals surface area (Å²) in [7, 11) is 1.79. The van der Waals surface area contributed by atoms with Crippen molar-refractivity contribution in [3.05, 3.63) is 30.4 Å². The molecule has 106 valence electrons. The van der Waals surface area contributed by atoms with E-state index in [9.17, 15) is 9.59 Å². The fourth-order valence-electron chi connectivity index (χ4n) is 1.57. The minimum absolute atomic E-state index is 0.251. The molecule has 20 heavy (non-hydrogen) atoms. The third kappa shape index (κ3) is 3.83. The van der Waals surface area contributed by atoms with Gasteiger partial charge in [0, 0.05) is 31.5 Å². The van der Waals surface area contributed by atoms with Crippen molar-refractivity contribution in [1.29, 1.82) is 0 Å². The van der Waals surface area contributed by atoms with Gasteiger partial charge in [-0.25, -0.2) is 4.79 Å². The van der Waals surface area contributed by atoms with Crippen molar-refractivity contribution in [2.75, 3.05) is 5.32 Å². The predicted molar refractivity (Wildman–Crippen MR) is 68.9 cm³/mol. The zero-order valence-electron chi connectivity index (χ0n) is 10.8. The molecule has 0 atom stereocenters. The van der Waals surface area contributed by atoms with Crippen molar-refractivity contribution in [3.8, 4) is 0 Å². The number of anilines is 1. The van der Waals surface area contributed by atoms with Crippen LogP contribution in [0.2, 0.25) is 0 Å². The summed E-state index contributed by atoms with van der Waals surface area (Å²) in [6, 6.07) is -0.399. The van der Waals surface area contributed by atoms with Gasteiger partial charge >= 0.3 is 12.0 Å². The molecule has 2 rings (SSSR count). The van der Waals surface area contributed by atoms with E-state index >= 15 is 0 Å². The second-order valence-electron chi connectivity index (χ2n) is 4.15. The van der Waals surface area contributed by atoms with Gasteiger partial charge in [-0.05, 0) is 0 Å². The van der Waals surface area contributed by atoms with Crippen LogP contribution in [0.25, 0.3) is 0 Å². The highest BCUT2D eigenvalue weighted by atomic mass is 16.4. The number of rotatable bonds is 5. The Kier molecular flexibility index (Phi) is 3.99. The number of urea groups is 1. The summed E-state index contributed by atoms with van der Waals surface area (Å²) in [6.07, 6.45) is 6.28. The van der Waals surface area contributed by atoms with Crippen molar-refractivity contribution >= 4 is 17.7 Å². The Morgan fingerprint density at radius 1 is 1.30 bits per heavy atom. The molecule has 3 N–H and O–H groups in total. The second-order valence-corrected chi connectivity index (χ2v) is 4.15. The summed E-state index contributed by atoms with van der Waals surface area (Å²) in [5.74, 6) is -0.999. The number of aliphatic carboxylic acids is 1. The Morgan fingerprint density at radius 3 is 2.75 bits per heavy atom. The first kappa shape index (κ1) is 13.6. The van der Waals surface area contributed by atoms with Crippen LogP contribution in [-0.4, -0.2) is 36.7 Å². The SMILES string of the molecule is Cn1cc(CNC(=O)Nc2cnn(CC(=O)O)c2)cn1. The monoisotopic (exact) mass is 278 g/mol. The van der Waals surface area contributed by atoms with Crippen LogP contribution < -0.4 is 10.6 Å². The molecule has 0 aliphatic heterocycles. The molecule has 0 spiro atoms. The van der Waals surface area contributed by atoms with Crippen molar-refractivity contribution in [2.45, 2.75) is 13.1 Å². The van der Waals surface area contributed by atoms with Gasteiger partial charge in [0.05, 0.1) is 18.1 Å². The Balaban J connectivity index is 1.82. The molecule has 9 heteroatoms. The molecule has 0 aromatic carbocycles. The summed E-state index contributed by atoms with van der Waals surface area (Å²) in [5, 5.41) is 21.6. The van der Waals surface area contributed by atoms with E-state index in [1.807, 2.05) is 0 Å². The highest BCUT2D eigenvalue weighted by Gasteiger charge is 2.06. The van der Waals surface area contributed by atoms with E-state index in [2.05, 4.69) is 20.8 Å². The lowest BCUT2D eigenvalue weighted by Crippen LogP contribution is -2.27. The highest BCUT2D eigenvalue weighted by Crippen LogP contribution is 2.04. The second kappa shape index (κ2) is 5.87. The predicted octanol–water partition coefficient (Wildman–Crippen LogP) is 0.0229. The first-order valence-electron chi connectivity index (χ1n) is 5.79. The summed E-state index contributed by atoms with van der Waals surface area (Å²) in [5.41, 5.74) is 1.30. The first-order chi connectivity index (χ1) is 9.52. The Hall–Kier alpha value is -2.84. The maximum Gasteiger partial charge on any atom is 0.325 e. The molecule has 0 aliphatic rings. The minimum Gasteiger partial charge on any atom is -0.480 e. The number of carboxylic acid groups (broad SMARTS) is 1. The number of carbonyl (C=O) groups is 2. The Labute approximate surface area is 114 Å². The number of nitrogens with zero attached hydrogens (tertiary/aromatic N) is 4. The summed E-state index contributed by atoms with van der Waals surface area (Å²) >= 11 is 0. The summed E-state index contributed by atoms with van der Waals surface area (Å²) in [4.78, 5) is 22.1. The van der Waals surface area contributed by atoms with Crippen LogP contribution in [0.1, 0.15) is 5.56 Å². The van der Waals surface area contributed by atoms with Crippen LogP contribution in [0.3, 0.4) is 0 Å². The van der Waals surface area contributed by atoms with Gasteiger partial charge < -0.3 is 15.7 Å². The third-order valence-corrected chi connectivity index (χ3v) is 2.40. The maximum atomic E-state index is 11.6. The lowest BCUT2D eigenvalue weighted by Gasteiger charge is -2.03. The quantitative estimate of drug-likeness (QED) is 0.713. The Morgan fingerprint density at radius 2 is 2.10 bits per heavy atom. The largest absolute Gasteiger partial charge is 0.480 e. The number of aryl methyl sites for hydroxylation is 1. The van der Waals surface area contributed by atoms with Crippen LogP contribution in [0, 0.1) is 0 Å². The highest BCUT2D eigenvalue weighted by molar-refractivity contribution is 5.88. The zero-order valence-corrected chi connectivity index (χ0v) is 10.8. The van der Waals surface area contributed by atoms with Gasteiger partial charge in [0.2, 0.25) is 0 Å². The topological polar surface area (TPSA) is 114 Å². The molecule has 2 aromatic heterocycles. The molecule has 0 radical (unpaired) electrons. The summed E-state index contributed by atoms with van der Waals surface area (Å²) in [6.45, 7) is 0.0991. The van der Waals surface area contributed by atoms with Crippen LogP contribution >= 0.6 is 0 Å². The van der Waals surface area contributed by atoms with E-state index in [1.165, 1.54) is 17.1 Å². The van der Waals surface area contributed by atoms with Crippen LogP contribution in [0.4, 0.5) is 10.5 Å². The average Bonchev–Trinajstić information content (AvgIpc) is 2.95. The Bertz CT molecular complexity index is 617. The van der Waals surface area contributed by atoms with E-state index < -0.39 is 12.0 Å². The number of hydrogen-bond donors (Lipinski definition) is 3. The molecule has 2 heterocycles. The number of carboxylic acids is 1. The van der Waals surface area contributed by atoms with Gasteiger partial charge in [-0.3, -0.25) is 14.2 Å². The number of aromatic nitrogens is 4. The van der Waals surface area contributed by atoms with E-state index in [0.717, 1.165) is 5.56 Å². The normalized spacial score (nSPS) is 10.2. The van der Waals surface area contributed by atoms with Crippen LogP contribution in [0.5, 0.6) is 0 Å². The molecule has 2 amide bonds. The van der Waals surface area contributed by atoms with Crippen molar-refractivity contribution in [3.63, 3.8) is 0 Å². The average molecular weight is 278 g/mol. The van der Waals surface area contributed by atoms with Gasteiger partial charge in [-0.2, -0.15) is 10.2 Å². The van der Waals surface area contributed by atoms with E-state index in [0.29, 0.717) is 12.2 Å². The number of hydrogen-bond acceptors (Lipinski definition) is 4. The molecule has 0 saturated heterocycles. The fourth-order valence-corrected chi connectivity index (χ4v) is 1.57. The van der Waals surface area contributed by atoms with Crippen LogP contribution in [0.15, 0.2) is 24.8 Å². The van der Waals surface area contributed by atoms with E-state index in [-0.39, 0.29) is 6.54 Å². The fraction of sp³-hybridized carbons (Fsp3) is 0.273. The van der Waals surface area contributed by atoms with Gasteiger partial charge in [-0.1, -0.05) is 0 Å². The van der Waals surface area contributed by atoms with Gasteiger partial charge in [0.1, 0.15) is 6.54 Å². The molecule has 2 aromatic rings. The minimum atomic E-state index is -0.999. The van der Waals surface area contributed by atoms with E-state index in [1.54, 1.807) is 24.1 Å². The van der Waals surface area contributed by atoms with Gasteiger partial charge in [0.15, 0.2) is 0 Å². The standard InChI is InChI=1S/C11H14N6O3/c1-16-5-8(3-13-16)2-12-11(20)15-9-4-14-17(6-9)7-10(18)19/h3-6H,2,7H2,1H3,(H,18,19)(H2,12,15,20). The van der Waals surface area contributed by atoms with Gasteiger partial charge in [-0.15, -0.1) is 0 Å². The molecule has 0 saturated carbocycles. The van der Waals surface area contributed by atoms with Crippen molar-refractivity contribution in [2.24, 2.45) is 7.05 Å². The molecular formula is C11H14N6O3. The number of nitrogens with one attached hydrogen (secondary N) is 2. The van der Waals surface area contributed by atoms with Crippen molar-refractivity contribution < 1.29 is 14.7 Å². The lowest BCUT2D eigenvalue weighted by atomic mass is 10.4. The third-order valence-electron chi connectivity index (χ3n) is 2.40. The zero-order chi connectivity index (χ0) is 14.5. The molecule has 0 unspecified atom stereocenters. The van der Waals surface area contributed by atoms with Crippen molar-refractivity contribution in [1.82, 2.24) is 24.9 Å². The first-order valence-corrected chi connectivity index (χ1v) is 5.79. The van der Waals surface area contributed by atoms with Gasteiger partial charge in [0.25, 0.3) is 0 Å². The molecule has 9 nitrogen and oxygen atoms in total. The van der Waals surface area contributed by atoms with Crippen LogP contribution in [-0.2, 0) is 24.9 Å². The number of amides is 2. The molecule has 0 aliphatic carbocycles. The molecule has 0 fully saturated rings. The molecule has 0 bridgehead atoms. The summed E-state index contributed by atoms with van der Waals surface area (Å²) < 4.78 is 2.86. The maximum absolute atomic E-state index is 11.6.